The maximum absolute atomic E-state index is 9.85. The molecular formula is C17H21NO2. The molecular weight excluding hydrogens is 250 g/mol. The molecule has 3 N–H and O–H groups in total. The van der Waals surface area contributed by atoms with Crippen molar-refractivity contribution in [3.63, 3.8) is 0 Å². The summed E-state index contributed by atoms with van der Waals surface area (Å²) in [4.78, 5) is 0. The summed E-state index contributed by atoms with van der Waals surface area (Å²) in [6, 6.07) is 12.9. The van der Waals surface area contributed by atoms with Gasteiger partial charge in [-0.3, -0.25) is 0 Å². The van der Waals surface area contributed by atoms with E-state index in [1.54, 1.807) is 6.07 Å². The average Bonchev–Trinajstić information content (AvgIpc) is 2.47. The van der Waals surface area contributed by atoms with Gasteiger partial charge >= 0.3 is 0 Å². The number of rotatable bonds is 5. The molecule has 0 radical (unpaired) electrons. The van der Waals surface area contributed by atoms with Crippen molar-refractivity contribution >= 4 is 0 Å². The van der Waals surface area contributed by atoms with Crippen molar-refractivity contribution in [2.24, 2.45) is 0 Å². The van der Waals surface area contributed by atoms with Crippen LogP contribution in [0.25, 0.3) is 0 Å². The molecule has 0 fully saturated rings. The molecule has 0 aromatic heterocycles. The van der Waals surface area contributed by atoms with Gasteiger partial charge in [-0.1, -0.05) is 31.2 Å². The van der Waals surface area contributed by atoms with Gasteiger partial charge in [-0.15, -0.1) is 0 Å². The summed E-state index contributed by atoms with van der Waals surface area (Å²) in [5.41, 5.74) is 3.30. The van der Waals surface area contributed by atoms with Crippen LogP contribution in [-0.4, -0.2) is 10.2 Å². The Kier molecular flexibility index (Phi) is 4.64. The Bertz CT molecular complexity index is 581. The lowest BCUT2D eigenvalue weighted by Crippen LogP contribution is -2.19. The van der Waals surface area contributed by atoms with Gasteiger partial charge in [-0.2, -0.15) is 0 Å². The molecule has 0 saturated carbocycles. The van der Waals surface area contributed by atoms with E-state index in [9.17, 15) is 10.2 Å². The zero-order valence-electron chi connectivity index (χ0n) is 11.9. The van der Waals surface area contributed by atoms with E-state index in [0.29, 0.717) is 5.56 Å². The smallest absolute Gasteiger partial charge is 0.120 e. The monoisotopic (exact) mass is 271 g/mol. The highest BCUT2D eigenvalue weighted by Gasteiger charge is 2.11. The Labute approximate surface area is 119 Å². The van der Waals surface area contributed by atoms with E-state index in [2.05, 4.69) is 24.4 Å². The molecule has 0 spiro atoms. The molecule has 0 aliphatic carbocycles. The summed E-state index contributed by atoms with van der Waals surface area (Å²) >= 11 is 0. The maximum Gasteiger partial charge on any atom is 0.120 e. The Morgan fingerprint density at radius 2 is 1.75 bits per heavy atom. The van der Waals surface area contributed by atoms with Crippen molar-refractivity contribution in [1.29, 1.82) is 0 Å². The number of benzene rings is 2. The molecule has 2 rings (SSSR count). The first-order chi connectivity index (χ1) is 9.61. The number of phenolic OH excluding ortho intramolecular Hbond substituents is 2. The quantitative estimate of drug-likeness (QED) is 0.729. The van der Waals surface area contributed by atoms with Gasteiger partial charge < -0.3 is 15.5 Å². The first kappa shape index (κ1) is 14.4. The van der Waals surface area contributed by atoms with Gasteiger partial charge in [0.2, 0.25) is 0 Å². The highest BCUT2D eigenvalue weighted by atomic mass is 16.3. The zero-order chi connectivity index (χ0) is 14.5. The van der Waals surface area contributed by atoms with E-state index in [1.807, 2.05) is 19.1 Å². The van der Waals surface area contributed by atoms with E-state index >= 15 is 0 Å². The molecule has 2 aromatic rings. The summed E-state index contributed by atoms with van der Waals surface area (Å²) in [5.74, 6) is 0.368. The normalized spacial score (nSPS) is 12.3. The standard InChI is InChI=1S/C17H21NO2/c1-3-13-6-4-5-7-14(13)11-18-12(2)16-10-15(19)8-9-17(16)20/h4-10,12,18-20H,3,11H2,1-2H3. The molecule has 3 nitrogen and oxygen atoms in total. The van der Waals surface area contributed by atoms with Gasteiger partial charge in [-0.25, -0.2) is 0 Å². The van der Waals surface area contributed by atoms with Crippen molar-refractivity contribution in [1.82, 2.24) is 5.32 Å². The van der Waals surface area contributed by atoms with E-state index in [4.69, 9.17) is 0 Å². The Morgan fingerprint density at radius 3 is 2.45 bits per heavy atom. The third-order valence-electron chi connectivity index (χ3n) is 3.58. The number of phenols is 2. The van der Waals surface area contributed by atoms with Gasteiger partial charge in [0, 0.05) is 18.2 Å². The van der Waals surface area contributed by atoms with E-state index < -0.39 is 0 Å². The van der Waals surface area contributed by atoms with Crippen LogP contribution in [0.2, 0.25) is 0 Å². The molecule has 0 aliphatic rings. The fraction of sp³-hybridized carbons (Fsp3) is 0.294. The number of aromatic hydroxyl groups is 2. The van der Waals surface area contributed by atoms with Crippen LogP contribution < -0.4 is 5.32 Å². The van der Waals surface area contributed by atoms with Gasteiger partial charge in [0.05, 0.1) is 0 Å². The summed E-state index contributed by atoms with van der Waals surface area (Å²) in [6.07, 6.45) is 1.00. The minimum atomic E-state index is -0.0352. The van der Waals surface area contributed by atoms with Crippen molar-refractivity contribution < 1.29 is 10.2 Å². The van der Waals surface area contributed by atoms with E-state index in [-0.39, 0.29) is 17.5 Å². The third-order valence-corrected chi connectivity index (χ3v) is 3.58. The molecule has 0 bridgehead atoms. The minimum absolute atomic E-state index is 0.0352. The van der Waals surface area contributed by atoms with E-state index in [1.165, 1.54) is 23.3 Å². The van der Waals surface area contributed by atoms with Crippen molar-refractivity contribution in [3.05, 3.63) is 59.2 Å². The number of hydrogen-bond donors (Lipinski definition) is 3. The van der Waals surface area contributed by atoms with Crippen LogP contribution in [0.4, 0.5) is 0 Å². The summed E-state index contributed by atoms with van der Waals surface area (Å²) in [5, 5.41) is 22.8. The number of aryl methyl sites for hydroxylation is 1. The van der Waals surface area contributed by atoms with Gasteiger partial charge in [0.1, 0.15) is 11.5 Å². The van der Waals surface area contributed by atoms with Crippen molar-refractivity contribution in [2.75, 3.05) is 0 Å². The fourth-order valence-corrected chi connectivity index (χ4v) is 2.34. The van der Waals surface area contributed by atoms with Gasteiger partial charge in [-0.05, 0) is 42.7 Å². The second-order valence-electron chi connectivity index (χ2n) is 4.97. The number of nitrogens with one attached hydrogen (secondary N) is 1. The van der Waals surface area contributed by atoms with Crippen molar-refractivity contribution in [3.8, 4) is 11.5 Å². The first-order valence-electron chi connectivity index (χ1n) is 6.94. The molecule has 0 amide bonds. The molecule has 2 aromatic carbocycles. The molecule has 1 atom stereocenters. The van der Waals surface area contributed by atoms with Crippen LogP contribution in [-0.2, 0) is 13.0 Å². The Hall–Kier alpha value is -2.00. The first-order valence-corrected chi connectivity index (χ1v) is 6.94. The minimum Gasteiger partial charge on any atom is -0.508 e. The predicted octanol–water partition coefficient (Wildman–Crippen LogP) is 3.51. The molecule has 1 unspecified atom stereocenters. The largest absolute Gasteiger partial charge is 0.508 e. The third kappa shape index (κ3) is 3.31. The summed E-state index contributed by atoms with van der Waals surface area (Å²) in [6.45, 7) is 4.85. The molecule has 0 heterocycles. The molecule has 0 aliphatic heterocycles. The Balaban J connectivity index is 2.08. The predicted molar refractivity (Wildman–Crippen MR) is 80.8 cm³/mol. The molecule has 0 saturated heterocycles. The van der Waals surface area contributed by atoms with Crippen LogP contribution in [0.3, 0.4) is 0 Å². The summed E-state index contributed by atoms with van der Waals surface area (Å²) < 4.78 is 0. The highest BCUT2D eigenvalue weighted by molar-refractivity contribution is 5.40. The second kappa shape index (κ2) is 6.44. The highest BCUT2D eigenvalue weighted by Crippen LogP contribution is 2.28. The lowest BCUT2D eigenvalue weighted by Gasteiger charge is -2.17. The zero-order valence-corrected chi connectivity index (χ0v) is 11.9. The van der Waals surface area contributed by atoms with Crippen LogP contribution in [0, 0.1) is 0 Å². The van der Waals surface area contributed by atoms with Crippen LogP contribution in [0.5, 0.6) is 11.5 Å². The fourth-order valence-electron chi connectivity index (χ4n) is 2.34. The molecule has 106 valence electrons. The summed E-state index contributed by atoms with van der Waals surface area (Å²) in [7, 11) is 0. The SMILES string of the molecule is CCc1ccccc1CNC(C)c1cc(O)ccc1O. The van der Waals surface area contributed by atoms with Gasteiger partial charge in [0.15, 0.2) is 0 Å². The molecule has 3 heteroatoms. The van der Waals surface area contributed by atoms with Crippen LogP contribution >= 0.6 is 0 Å². The van der Waals surface area contributed by atoms with E-state index in [0.717, 1.165) is 13.0 Å². The Morgan fingerprint density at radius 1 is 1.05 bits per heavy atom. The molecule has 20 heavy (non-hydrogen) atoms. The maximum atomic E-state index is 9.85. The van der Waals surface area contributed by atoms with Gasteiger partial charge in [0.25, 0.3) is 0 Å². The average molecular weight is 271 g/mol. The lowest BCUT2D eigenvalue weighted by molar-refractivity contribution is 0.440. The van der Waals surface area contributed by atoms with Crippen LogP contribution in [0.15, 0.2) is 42.5 Å². The second-order valence-corrected chi connectivity index (χ2v) is 4.97. The lowest BCUT2D eigenvalue weighted by atomic mass is 10.0. The van der Waals surface area contributed by atoms with Crippen LogP contribution in [0.1, 0.15) is 36.6 Å². The topological polar surface area (TPSA) is 52.5 Å². The number of hydrogen-bond acceptors (Lipinski definition) is 3. The van der Waals surface area contributed by atoms with Crippen molar-refractivity contribution in [2.45, 2.75) is 32.9 Å².